The predicted molar refractivity (Wildman–Crippen MR) is 119 cm³/mol. The van der Waals surface area contributed by atoms with E-state index < -0.39 is 17.9 Å². The van der Waals surface area contributed by atoms with Gasteiger partial charge in [-0.1, -0.05) is 0 Å². The van der Waals surface area contributed by atoms with Crippen LogP contribution in [0.2, 0.25) is 8.26 Å². The summed E-state index contributed by atoms with van der Waals surface area (Å²) in [6, 6.07) is 0. The van der Waals surface area contributed by atoms with Crippen LogP contribution < -0.4 is 0 Å². The molecule has 0 aromatic heterocycles. The van der Waals surface area contributed by atoms with Gasteiger partial charge in [0.1, 0.15) is 0 Å². The number of hydrogen-bond acceptors (Lipinski definition) is 0. The molecule has 3 aliphatic rings. The van der Waals surface area contributed by atoms with Gasteiger partial charge in [0.2, 0.25) is 0 Å². The Kier molecular flexibility index (Phi) is 6.85. The molecule has 143 valence electrons. The molecule has 0 radical (unpaired) electrons. The zero-order valence-corrected chi connectivity index (χ0v) is 23.7. The largest absolute Gasteiger partial charge is 0.147 e. The summed E-state index contributed by atoms with van der Waals surface area (Å²) < 4.78 is 7.23. The van der Waals surface area contributed by atoms with Crippen LogP contribution >= 0.6 is 24.8 Å². The minimum Gasteiger partial charge on any atom is -0.147 e. The summed E-state index contributed by atoms with van der Waals surface area (Å²) in [5, 5.41) is 0. The zero-order valence-electron chi connectivity index (χ0n) is 17.6. The Morgan fingerprint density at radius 1 is 0.680 bits per heavy atom. The Hall–Kier alpha value is 0.640. The van der Waals surface area contributed by atoms with Crippen LogP contribution in [-0.2, 0) is 17.9 Å². The van der Waals surface area contributed by atoms with Crippen LogP contribution in [0, 0.1) is 11.8 Å². The Bertz CT molecular complexity index is 679. The molecule has 0 N–H and O–H groups in total. The van der Waals surface area contributed by atoms with Crippen molar-refractivity contribution in [3.63, 3.8) is 0 Å². The second kappa shape index (κ2) is 7.23. The molecule has 0 nitrogen and oxygen atoms in total. The third kappa shape index (κ3) is 2.84. The second-order valence-corrected chi connectivity index (χ2v) is 39.9. The van der Waals surface area contributed by atoms with E-state index in [0.717, 1.165) is 11.8 Å². The number of halogens is 2. The molecular formula is C21H37Cl2SiZr. The van der Waals surface area contributed by atoms with E-state index >= 15 is 0 Å². The molecular weight excluding hydrogens is 442 g/mol. The Morgan fingerprint density at radius 3 is 1.16 bits per heavy atom. The molecule has 2 atom stereocenters. The van der Waals surface area contributed by atoms with Gasteiger partial charge in [-0.3, -0.25) is 0 Å². The average Bonchev–Trinajstić information content (AvgIpc) is 2.79. The van der Waals surface area contributed by atoms with E-state index in [1.165, 1.54) is 13.8 Å². The quantitative estimate of drug-likeness (QED) is 0.394. The molecule has 3 rings (SSSR count). The van der Waals surface area contributed by atoms with Gasteiger partial charge in [-0.05, 0) is 0 Å². The molecule has 1 fully saturated rings. The van der Waals surface area contributed by atoms with Crippen molar-refractivity contribution in [1.29, 1.82) is 0 Å². The van der Waals surface area contributed by atoms with Crippen LogP contribution in [0.15, 0.2) is 40.0 Å². The molecule has 0 bridgehead atoms. The first-order chi connectivity index (χ1) is 10.5. The Labute approximate surface area is 171 Å². The van der Waals surface area contributed by atoms with Crippen molar-refractivity contribution in [3.05, 3.63) is 40.0 Å². The Balaban J connectivity index is 0.00000156. The maximum absolute atomic E-state index is 2.88. The minimum absolute atomic E-state index is 0. The molecule has 25 heavy (non-hydrogen) atoms. The van der Waals surface area contributed by atoms with E-state index in [0.29, 0.717) is 0 Å². The molecule has 0 saturated carbocycles. The number of allylic oxidation sites excluding steroid dienone is 8. The summed E-state index contributed by atoms with van der Waals surface area (Å²) in [6.07, 6.45) is 1.50. The van der Waals surface area contributed by atoms with E-state index in [4.69, 9.17) is 0 Å². The summed E-state index contributed by atoms with van der Waals surface area (Å²) >= 11 is -2.88. The van der Waals surface area contributed by atoms with Crippen LogP contribution in [0.5, 0.6) is 0 Å². The normalized spacial score (nSPS) is 32.2. The minimum atomic E-state index is -2.88. The van der Waals surface area contributed by atoms with E-state index in [1.54, 1.807) is 41.7 Å². The molecule has 0 amide bonds. The molecule has 1 heterocycles. The van der Waals surface area contributed by atoms with Crippen LogP contribution in [0.25, 0.3) is 0 Å². The van der Waals surface area contributed by atoms with E-state index in [9.17, 15) is 0 Å². The predicted octanol–water partition coefficient (Wildman–Crippen LogP) is 6.56. The topological polar surface area (TPSA) is 0 Å². The molecule has 0 spiro atoms. The summed E-state index contributed by atoms with van der Waals surface area (Å²) in [6.45, 7) is 19.5. The van der Waals surface area contributed by atoms with Gasteiger partial charge in [-0.25, -0.2) is 0 Å². The van der Waals surface area contributed by atoms with Crippen LogP contribution in [0.1, 0.15) is 61.8 Å². The number of rotatable bonds is 2. The second-order valence-electron chi connectivity index (χ2n) is 9.28. The fourth-order valence-corrected chi connectivity index (χ4v) is 41.7. The fraction of sp³-hybridized carbons (Fsp3) is 0.619. The smallest absolute Gasteiger partial charge is 0.147 e. The first kappa shape index (κ1) is 23.7. The van der Waals surface area contributed by atoms with Crippen molar-refractivity contribution in [2.75, 3.05) is 0 Å². The summed E-state index contributed by atoms with van der Waals surface area (Å²) in [5.74, 6) is 1.46. The molecule has 2 unspecified atom stereocenters. The van der Waals surface area contributed by atoms with Gasteiger partial charge in [0.05, 0.1) is 0 Å². The molecule has 0 aromatic carbocycles. The van der Waals surface area contributed by atoms with Gasteiger partial charge in [-0.2, -0.15) is 0 Å². The van der Waals surface area contributed by atoms with Crippen molar-refractivity contribution in [2.24, 2.45) is 11.8 Å². The van der Waals surface area contributed by atoms with Crippen molar-refractivity contribution in [1.82, 2.24) is 0 Å². The van der Waals surface area contributed by atoms with Gasteiger partial charge in [-0.15, -0.1) is 24.8 Å². The van der Waals surface area contributed by atoms with Gasteiger partial charge < -0.3 is 0 Å². The summed E-state index contributed by atoms with van der Waals surface area (Å²) in [5.41, 5.74) is 10.0. The van der Waals surface area contributed by atoms with Crippen molar-refractivity contribution >= 4 is 32.2 Å². The third-order valence-electron chi connectivity index (χ3n) is 8.56. The summed E-state index contributed by atoms with van der Waals surface area (Å²) in [4.78, 5) is 0. The maximum Gasteiger partial charge on any atom is -0.147 e. The average molecular weight is 480 g/mol. The monoisotopic (exact) mass is 477 g/mol. The van der Waals surface area contributed by atoms with Crippen molar-refractivity contribution in [3.8, 4) is 0 Å². The van der Waals surface area contributed by atoms with Crippen molar-refractivity contribution < 1.29 is 17.9 Å². The number of hydrogen-bond donors (Lipinski definition) is 0. The molecule has 1 aliphatic heterocycles. The Morgan fingerprint density at radius 2 is 1.00 bits per heavy atom. The van der Waals surface area contributed by atoms with Crippen LogP contribution in [0.4, 0.5) is 0 Å². The van der Waals surface area contributed by atoms with Crippen molar-refractivity contribution in [2.45, 2.75) is 70.1 Å². The SMILES string of the molecule is CC1=C(C)C(C)[C]([Zr]2([SiH3])([C]3=C(C)C(C)=C(C)C3C)[CH2]C[CH2]2)=C1C.Cl.Cl. The third-order valence-corrected chi connectivity index (χ3v) is 40.9. The molecule has 1 saturated heterocycles. The van der Waals surface area contributed by atoms with E-state index in [2.05, 4.69) is 55.4 Å². The fourth-order valence-electron chi connectivity index (χ4n) is 6.65. The molecule has 4 heteroatoms. The first-order valence-electron chi connectivity index (χ1n) is 9.52. The van der Waals surface area contributed by atoms with E-state index in [-0.39, 0.29) is 24.8 Å². The summed E-state index contributed by atoms with van der Waals surface area (Å²) in [7, 11) is 1.46. The first-order valence-corrected chi connectivity index (χ1v) is 23.8. The van der Waals surface area contributed by atoms with Crippen LogP contribution in [-0.4, -0.2) is 7.37 Å². The standard InChI is InChI=1S/2C9H13.C3H6.2ClH.H3Si.Zr/c2*1-6-5-7(2)9(4)8(6)3;1-3-2;;;;/h2*6H,1-4H3;1-3H2;2*1H;1H3;. The molecule has 0 aromatic rings. The zero-order chi connectivity index (χ0) is 17.3. The van der Waals surface area contributed by atoms with E-state index in [1.807, 2.05) is 6.56 Å². The van der Waals surface area contributed by atoms with Gasteiger partial charge >= 0.3 is 147 Å². The van der Waals surface area contributed by atoms with Crippen LogP contribution in [0.3, 0.4) is 0 Å². The van der Waals surface area contributed by atoms with Gasteiger partial charge in [0.15, 0.2) is 0 Å². The van der Waals surface area contributed by atoms with Gasteiger partial charge in [0, 0.05) is 0 Å². The molecule has 2 aliphatic carbocycles. The van der Waals surface area contributed by atoms with Gasteiger partial charge in [0.25, 0.3) is 0 Å². The maximum atomic E-state index is 2.52.